The van der Waals surface area contributed by atoms with E-state index in [0.29, 0.717) is 19.3 Å². The number of hydrogen-bond acceptors (Lipinski definition) is 6. The van der Waals surface area contributed by atoms with Crippen molar-refractivity contribution in [3.63, 3.8) is 0 Å². The Morgan fingerprint density at radius 3 is 1.11 bits per heavy atom. The van der Waals surface area contributed by atoms with E-state index in [0.717, 1.165) is 122 Å². The Morgan fingerprint density at radius 2 is 0.661 bits per heavy atom. The molecule has 0 aliphatic carbocycles. The first kappa shape index (κ1) is 57.3. The quantitative estimate of drug-likeness (QED) is 0.0201. The first-order valence-electron chi connectivity index (χ1n) is 24.0. The van der Waals surface area contributed by atoms with Crippen molar-refractivity contribution >= 4 is 17.9 Å². The molecule has 6 heteroatoms. The molecule has 0 saturated carbocycles. The predicted molar refractivity (Wildman–Crippen MR) is 265 cm³/mol. The summed E-state index contributed by atoms with van der Waals surface area (Å²) in [5.74, 6) is -1.02. The molecule has 6 nitrogen and oxygen atoms in total. The molecule has 1 unspecified atom stereocenters. The van der Waals surface area contributed by atoms with Gasteiger partial charge in [-0.25, -0.2) is 0 Å². The average molecular weight is 853 g/mol. The van der Waals surface area contributed by atoms with Crippen molar-refractivity contribution in [2.45, 2.75) is 175 Å². The third-order valence-corrected chi connectivity index (χ3v) is 9.29. The third-order valence-electron chi connectivity index (χ3n) is 9.29. The molecule has 1 atom stereocenters. The molecule has 0 fully saturated rings. The van der Waals surface area contributed by atoms with Gasteiger partial charge in [-0.15, -0.1) is 0 Å². The second-order valence-electron chi connectivity index (χ2n) is 15.1. The largest absolute Gasteiger partial charge is 0.462 e. The fourth-order valence-corrected chi connectivity index (χ4v) is 5.78. The highest BCUT2D eigenvalue weighted by molar-refractivity contribution is 5.71. The molecule has 0 rings (SSSR count). The summed E-state index contributed by atoms with van der Waals surface area (Å²) in [6.07, 6.45) is 69.7. The second-order valence-corrected chi connectivity index (χ2v) is 15.1. The minimum Gasteiger partial charge on any atom is -0.462 e. The standard InChI is InChI=1S/C56H84O6/c1-4-7-10-13-16-19-22-25-27-28-29-32-34-37-40-43-46-49-55(58)61-52-53(51-60-54(57)48-45-42-39-36-33-30-24-21-18-15-12-9-6-3)62-56(59)50-47-44-41-38-35-31-26-23-20-17-14-11-8-5-2/h7-13,15-22,24-29,31-32,34,53H,4-6,14,23,30,33,35-52H2,1-3H3/b10-7+,11-8+,12-9+,16-13+,18-15+,20-17+,22-19+,24-21+,27-25+,29-28+,31-26+,34-32+. The number of carbonyl (C=O) groups excluding carboxylic acids is 3. The number of ether oxygens (including phenoxy) is 3. The van der Waals surface area contributed by atoms with Crippen molar-refractivity contribution in [1.82, 2.24) is 0 Å². The molecule has 62 heavy (non-hydrogen) atoms. The monoisotopic (exact) mass is 853 g/mol. The molecule has 0 aliphatic rings. The lowest BCUT2D eigenvalue weighted by molar-refractivity contribution is -0.167. The number of carbonyl (C=O) groups is 3. The van der Waals surface area contributed by atoms with E-state index < -0.39 is 6.10 Å². The minimum absolute atomic E-state index is 0.120. The molecule has 344 valence electrons. The Bertz CT molecular complexity index is 1440. The molecule has 0 aromatic rings. The van der Waals surface area contributed by atoms with E-state index >= 15 is 0 Å². The van der Waals surface area contributed by atoms with Crippen LogP contribution in [0.15, 0.2) is 146 Å². The fraction of sp³-hybridized carbons (Fsp3) is 0.518. The molecule has 0 radical (unpaired) electrons. The maximum absolute atomic E-state index is 12.8. The van der Waals surface area contributed by atoms with E-state index in [4.69, 9.17) is 14.2 Å². The number of esters is 3. The lowest BCUT2D eigenvalue weighted by atomic mass is 10.1. The summed E-state index contributed by atoms with van der Waals surface area (Å²) in [6.45, 7) is 6.13. The zero-order valence-electron chi connectivity index (χ0n) is 39.1. The Hall–Kier alpha value is -4.71. The van der Waals surface area contributed by atoms with Gasteiger partial charge in [0.25, 0.3) is 0 Å². The number of unbranched alkanes of at least 4 members (excludes halogenated alkanes) is 12. The van der Waals surface area contributed by atoms with Gasteiger partial charge in [-0.1, -0.05) is 205 Å². The molecule has 0 spiro atoms. The average Bonchev–Trinajstić information content (AvgIpc) is 3.27. The first-order valence-corrected chi connectivity index (χ1v) is 24.0. The summed E-state index contributed by atoms with van der Waals surface area (Å²) in [4.78, 5) is 37.9. The Labute approximate surface area is 378 Å². The van der Waals surface area contributed by atoms with Crippen LogP contribution in [-0.2, 0) is 28.6 Å². The topological polar surface area (TPSA) is 78.9 Å². The highest BCUT2D eigenvalue weighted by Gasteiger charge is 2.19. The van der Waals surface area contributed by atoms with E-state index in [1.807, 2.05) is 66.8 Å². The van der Waals surface area contributed by atoms with E-state index in [1.165, 1.54) is 0 Å². The summed E-state index contributed by atoms with van der Waals surface area (Å²) < 4.78 is 16.7. The van der Waals surface area contributed by atoms with Crippen LogP contribution < -0.4 is 0 Å². The summed E-state index contributed by atoms with van der Waals surface area (Å²) in [7, 11) is 0. The molecular formula is C56H84O6. The maximum atomic E-state index is 12.8. The van der Waals surface area contributed by atoms with Crippen molar-refractivity contribution in [2.24, 2.45) is 0 Å². The van der Waals surface area contributed by atoms with E-state index in [-0.39, 0.29) is 37.5 Å². The fourth-order valence-electron chi connectivity index (χ4n) is 5.78. The highest BCUT2D eigenvalue weighted by atomic mass is 16.6. The maximum Gasteiger partial charge on any atom is 0.306 e. The van der Waals surface area contributed by atoms with Crippen LogP contribution in [0.4, 0.5) is 0 Å². The summed E-state index contributed by atoms with van der Waals surface area (Å²) >= 11 is 0. The van der Waals surface area contributed by atoms with Gasteiger partial charge in [-0.05, 0) is 89.9 Å². The van der Waals surface area contributed by atoms with E-state index in [9.17, 15) is 14.4 Å². The van der Waals surface area contributed by atoms with Crippen molar-refractivity contribution in [3.8, 4) is 0 Å². The van der Waals surface area contributed by atoms with E-state index in [2.05, 4.69) is 99.8 Å². The van der Waals surface area contributed by atoms with Gasteiger partial charge in [0.05, 0.1) is 0 Å². The van der Waals surface area contributed by atoms with Crippen LogP contribution in [0, 0.1) is 0 Å². The number of rotatable bonds is 40. The van der Waals surface area contributed by atoms with Gasteiger partial charge in [-0.2, -0.15) is 0 Å². The molecule has 0 N–H and O–H groups in total. The number of allylic oxidation sites excluding steroid dienone is 24. The molecule has 0 aliphatic heterocycles. The first-order chi connectivity index (χ1) is 30.5. The van der Waals surface area contributed by atoms with Crippen molar-refractivity contribution in [3.05, 3.63) is 146 Å². The highest BCUT2D eigenvalue weighted by Crippen LogP contribution is 2.12. The third kappa shape index (κ3) is 46.4. The van der Waals surface area contributed by atoms with Crippen LogP contribution in [-0.4, -0.2) is 37.2 Å². The van der Waals surface area contributed by atoms with Crippen molar-refractivity contribution in [2.75, 3.05) is 13.2 Å². The molecule has 0 aromatic carbocycles. The zero-order valence-corrected chi connectivity index (χ0v) is 39.1. The smallest absolute Gasteiger partial charge is 0.306 e. The van der Waals surface area contributed by atoms with Crippen LogP contribution in [0.3, 0.4) is 0 Å². The predicted octanol–water partition coefficient (Wildman–Crippen LogP) is 15.7. The van der Waals surface area contributed by atoms with Gasteiger partial charge in [0.1, 0.15) is 13.2 Å². The van der Waals surface area contributed by atoms with Gasteiger partial charge in [0, 0.05) is 19.3 Å². The molecule has 0 amide bonds. The normalized spacial score (nSPS) is 13.4. The molecule has 0 saturated heterocycles. The SMILES string of the molecule is CC/C=C/C=C/C=C/C=C/C=C/C=C/CCCCCC(=O)OCC(COC(=O)CCCCCCC/C=C/C=C/C=C/CC)OC(=O)CCCCCC/C=C/C/C=C/C/C=C/CC. The summed E-state index contributed by atoms with van der Waals surface area (Å²) in [5.41, 5.74) is 0. The van der Waals surface area contributed by atoms with E-state index in [1.54, 1.807) is 0 Å². The lowest BCUT2D eigenvalue weighted by Gasteiger charge is -2.18. The molecule has 0 heterocycles. The van der Waals surface area contributed by atoms with Crippen LogP contribution in [0.25, 0.3) is 0 Å². The van der Waals surface area contributed by atoms with Gasteiger partial charge < -0.3 is 14.2 Å². The Kier molecular flexibility index (Phi) is 45.2. The van der Waals surface area contributed by atoms with Crippen LogP contribution in [0.1, 0.15) is 168 Å². The molecular weight excluding hydrogens is 769 g/mol. The lowest BCUT2D eigenvalue weighted by Crippen LogP contribution is -2.30. The summed E-state index contributed by atoms with van der Waals surface area (Å²) in [6, 6.07) is 0. The number of hydrogen-bond donors (Lipinski definition) is 0. The molecule has 0 aromatic heterocycles. The van der Waals surface area contributed by atoms with Crippen molar-refractivity contribution < 1.29 is 28.6 Å². The van der Waals surface area contributed by atoms with Gasteiger partial charge in [0.2, 0.25) is 0 Å². The van der Waals surface area contributed by atoms with Gasteiger partial charge >= 0.3 is 17.9 Å². The summed E-state index contributed by atoms with van der Waals surface area (Å²) in [5, 5.41) is 0. The van der Waals surface area contributed by atoms with Crippen LogP contribution in [0.2, 0.25) is 0 Å². The van der Waals surface area contributed by atoms with Gasteiger partial charge in [0.15, 0.2) is 6.10 Å². The minimum atomic E-state index is -0.823. The van der Waals surface area contributed by atoms with Crippen LogP contribution >= 0.6 is 0 Å². The second kappa shape index (κ2) is 49.0. The van der Waals surface area contributed by atoms with Crippen molar-refractivity contribution in [1.29, 1.82) is 0 Å². The Morgan fingerprint density at radius 1 is 0.339 bits per heavy atom. The molecule has 0 bridgehead atoms. The Balaban J connectivity index is 4.59. The zero-order chi connectivity index (χ0) is 45.1. The van der Waals surface area contributed by atoms with Crippen LogP contribution in [0.5, 0.6) is 0 Å². The van der Waals surface area contributed by atoms with Gasteiger partial charge in [-0.3, -0.25) is 14.4 Å².